The molecule has 0 saturated carbocycles. The lowest BCUT2D eigenvalue weighted by Gasteiger charge is -2.38. The Bertz CT molecular complexity index is 752. The van der Waals surface area contributed by atoms with Gasteiger partial charge in [0.15, 0.2) is 12.1 Å². The number of nitriles is 1. The summed E-state index contributed by atoms with van der Waals surface area (Å²) in [5.41, 5.74) is 0.563. The van der Waals surface area contributed by atoms with Crippen molar-refractivity contribution >= 4 is 28.8 Å². The van der Waals surface area contributed by atoms with Gasteiger partial charge in [0.25, 0.3) is 0 Å². The lowest BCUT2D eigenvalue weighted by Crippen LogP contribution is -2.55. The minimum absolute atomic E-state index is 0.152. The molecule has 0 radical (unpaired) electrons. The first kappa shape index (κ1) is 14.2. The van der Waals surface area contributed by atoms with Gasteiger partial charge < -0.3 is 14.6 Å². The topological polar surface area (TPSA) is 69.3 Å². The number of nitrogens with zero attached hydrogens (tertiary/aromatic N) is 2. The van der Waals surface area contributed by atoms with Gasteiger partial charge in [0.2, 0.25) is 5.91 Å². The number of thiocarbonyl (C=S) groups is 1. The molecule has 2 heterocycles. The first-order valence-electron chi connectivity index (χ1n) is 6.44. The molecule has 1 aliphatic heterocycles. The van der Waals surface area contributed by atoms with Gasteiger partial charge in [-0.05, 0) is 36.4 Å². The van der Waals surface area contributed by atoms with Gasteiger partial charge in [0, 0.05) is 5.69 Å². The Labute approximate surface area is 130 Å². The van der Waals surface area contributed by atoms with Crippen LogP contribution in [0.2, 0.25) is 0 Å². The number of furan rings is 1. The first-order chi connectivity index (χ1) is 10.6. The molecule has 2 atom stereocenters. The monoisotopic (exact) mass is 315 g/mol. The number of carbonyl (C=O) groups excluding carboxylic acids is 1. The fourth-order valence-electron chi connectivity index (χ4n) is 2.30. The Kier molecular flexibility index (Phi) is 3.61. The van der Waals surface area contributed by atoms with Crippen molar-refractivity contribution in [3.8, 4) is 6.07 Å². The van der Waals surface area contributed by atoms with E-state index in [0.29, 0.717) is 11.4 Å². The molecular formula is C15H10FN3O2S. The molecule has 2 aromatic rings. The van der Waals surface area contributed by atoms with Crippen LogP contribution < -0.4 is 10.2 Å². The van der Waals surface area contributed by atoms with E-state index in [0.717, 1.165) is 0 Å². The van der Waals surface area contributed by atoms with E-state index in [9.17, 15) is 9.18 Å². The quantitative estimate of drug-likeness (QED) is 0.862. The molecule has 1 aliphatic rings. The van der Waals surface area contributed by atoms with E-state index in [1.54, 1.807) is 17.0 Å². The van der Waals surface area contributed by atoms with Crippen LogP contribution >= 0.6 is 12.2 Å². The zero-order valence-electron chi connectivity index (χ0n) is 11.2. The summed E-state index contributed by atoms with van der Waals surface area (Å²) in [4.78, 5) is 13.8. The molecule has 5 nitrogen and oxygen atoms in total. The molecule has 1 aromatic heterocycles. The zero-order chi connectivity index (χ0) is 15.7. The number of hydrogen-bond donors (Lipinski definition) is 1. The molecule has 0 aliphatic carbocycles. The summed E-state index contributed by atoms with van der Waals surface area (Å²) in [7, 11) is 0. The molecule has 7 heteroatoms. The summed E-state index contributed by atoms with van der Waals surface area (Å²) in [5, 5.41) is 11.9. The van der Waals surface area contributed by atoms with E-state index in [1.165, 1.54) is 30.5 Å². The summed E-state index contributed by atoms with van der Waals surface area (Å²) in [6.07, 6.45) is 0.800. The Morgan fingerprint density at radius 1 is 1.32 bits per heavy atom. The highest BCUT2D eigenvalue weighted by atomic mass is 32.1. The summed E-state index contributed by atoms with van der Waals surface area (Å²) >= 11 is 5.30. The summed E-state index contributed by atoms with van der Waals surface area (Å²) < 4.78 is 18.5. The van der Waals surface area contributed by atoms with Crippen molar-refractivity contribution in [2.45, 2.75) is 6.17 Å². The molecule has 2 unspecified atom stereocenters. The molecule has 1 N–H and O–H groups in total. The average molecular weight is 315 g/mol. The molecular weight excluding hydrogens is 305 g/mol. The number of rotatable bonds is 2. The maximum atomic E-state index is 13.1. The Balaban J connectivity index is 2.07. The largest absolute Gasteiger partial charge is 0.465 e. The van der Waals surface area contributed by atoms with E-state index in [-0.39, 0.29) is 10.8 Å². The van der Waals surface area contributed by atoms with Crippen LogP contribution in [0.15, 0.2) is 47.1 Å². The van der Waals surface area contributed by atoms with Crippen LogP contribution in [0, 0.1) is 23.1 Å². The summed E-state index contributed by atoms with van der Waals surface area (Å²) in [5.74, 6) is -1.47. The summed E-state index contributed by atoms with van der Waals surface area (Å²) in [6.45, 7) is 0. The molecule has 0 bridgehead atoms. The second-order valence-corrected chi connectivity index (χ2v) is 5.09. The van der Waals surface area contributed by atoms with Crippen molar-refractivity contribution in [2.24, 2.45) is 5.92 Å². The van der Waals surface area contributed by atoms with Crippen LogP contribution in [0.5, 0.6) is 0 Å². The number of nitrogens with one attached hydrogen (secondary N) is 1. The Morgan fingerprint density at radius 2 is 2.05 bits per heavy atom. The second-order valence-electron chi connectivity index (χ2n) is 4.67. The van der Waals surface area contributed by atoms with Crippen LogP contribution in [0.1, 0.15) is 11.9 Å². The maximum absolute atomic E-state index is 13.1. The van der Waals surface area contributed by atoms with E-state index in [2.05, 4.69) is 5.32 Å². The third-order valence-corrected chi connectivity index (χ3v) is 3.76. The van der Waals surface area contributed by atoms with E-state index in [4.69, 9.17) is 21.9 Å². The summed E-state index contributed by atoms with van der Waals surface area (Å²) in [6, 6.07) is 10.9. The standard InChI is InChI=1S/C15H10FN3O2S/c16-9-3-5-10(6-4-9)19-13(12-2-1-7-21-12)18-14(20)11(8-17)15(19)22/h1-7,11,13H,(H,18,20). The smallest absolute Gasteiger partial charge is 0.246 e. The molecule has 1 amide bonds. The van der Waals surface area contributed by atoms with Gasteiger partial charge in [-0.15, -0.1) is 0 Å². The van der Waals surface area contributed by atoms with Crippen molar-refractivity contribution < 1.29 is 13.6 Å². The molecule has 3 rings (SSSR count). The predicted molar refractivity (Wildman–Crippen MR) is 80.2 cm³/mol. The number of anilines is 1. The molecule has 1 aromatic carbocycles. The van der Waals surface area contributed by atoms with Gasteiger partial charge >= 0.3 is 0 Å². The predicted octanol–water partition coefficient (Wildman–Crippen LogP) is 2.52. The van der Waals surface area contributed by atoms with Crippen LogP contribution in [0.25, 0.3) is 0 Å². The zero-order valence-corrected chi connectivity index (χ0v) is 12.0. The van der Waals surface area contributed by atoms with Gasteiger partial charge in [0.05, 0.1) is 12.3 Å². The number of benzene rings is 1. The van der Waals surface area contributed by atoms with Gasteiger partial charge in [-0.3, -0.25) is 4.79 Å². The number of carbonyl (C=O) groups is 1. The number of amides is 1. The maximum Gasteiger partial charge on any atom is 0.246 e. The first-order valence-corrected chi connectivity index (χ1v) is 6.84. The molecule has 110 valence electrons. The van der Waals surface area contributed by atoms with Crippen molar-refractivity contribution in [1.82, 2.24) is 5.32 Å². The second kappa shape index (κ2) is 5.58. The number of hydrogen-bond acceptors (Lipinski definition) is 4. The van der Waals surface area contributed by atoms with E-state index >= 15 is 0 Å². The van der Waals surface area contributed by atoms with Crippen molar-refractivity contribution in [3.63, 3.8) is 0 Å². The van der Waals surface area contributed by atoms with Crippen molar-refractivity contribution in [3.05, 3.63) is 54.2 Å². The minimum atomic E-state index is -1.08. The lowest BCUT2D eigenvalue weighted by molar-refractivity contribution is -0.123. The highest BCUT2D eigenvalue weighted by Gasteiger charge is 2.40. The van der Waals surface area contributed by atoms with Crippen molar-refractivity contribution in [1.29, 1.82) is 5.26 Å². The fourth-order valence-corrected chi connectivity index (χ4v) is 2.67. The van der Waals surface area contributed by atoms with Crippen LogP contribution in [-0.2, 0) is 4.79 Å². The third-order valence-electron chi connectivity index (χ3n) is 3.33. The van der Waals surface area contributed by atoms with E-state index in [1.807, 2.05) is 6.07 Å². The van der Waals surface area contributed by atoms with E-state index < -0.39 is 18.0 Å². The van der Waals surface area contributed by atoms with Crippen LogP contribution in [-0.4, -0.2) is 10.9 Å². The fraction of sp³-hybridized carbons (Fsp3) is 0.133. The van der Waals surface area contributed by atoms with Gasteiger partial charge in [0.1, 0.15) is 16.6 Å². The van der Waals surface area contributed by atoms with Crippen molar-refractivity contribution in [2.75, 3.05) is 4.90 Å². The average Bonchev–Trinajstić information content (AvgIpc) is 3.03. The van der Waals surface area contributed by atoms with Gasteiger partial charge in [-0.2, -0.15) is 5.26 Å². The Morgan fingerprint density at radius 3 is 2.64 bits per heavy atom. The van der Waals surface area contributed by atoms with Crippen LogP contribution in [0.3, 0.4) is 0 Å². The number of halogens is 1. The molecule has 0 spiro atoms. The minimum Gasteiger partial charge on any atom is -0.465 e. The van der Waals surface area contributed by atoms with Crippen LogP contribution in [0.4, 0.5) is 10.1 Å². The molecule has 1 saturated heterocycles. The third kappa shape index (κ3) is 2.34. The SMILES string of the molecule is N#CC1C(=O)NC(c2ccco2)N(c2ccc(F)cc2)C1=S. The lowest BCUT2D eigenvalue weighted by atomic mass is 10.0. The van der Waals surface area contributed by atoms with Gasteiger partial charge in [-0.25, -0.2) is 4.39 Å². The molecule has 22 heavy (non-hydrogen) atoms. The Hall–Kier alpha value is -2.72. The normalized spacial score (nSPS) is 21.4. The van der Waals surface area contributed by atoms with Gasteiger partial charge in [-0.1, -0.05) is 12.2 Å². The molecule has 1 fully saturated rings. The highest BCUT2D eigenvalue weighted by molar-refractivity contribution is 7.80. The highest BCUT2D eigenvalue weighted by Crippen LogP contribution is 2.31.